The molecule has 1 fully saturated rings. The molecule has 2 aromatic carbocycles. The first kappa shape index (κ1) is 17.2. The van der Waals surface area contributed by atoms with Crippen LogP contribution in [-0.4, -0.2) is 35.0 Å². The van der Waals surface area contributed by atoms with Crippen molar-refractivity contribution in [3.8, 4) is 0 Å². The molecule has 4 heteroatoms. The summed E-state index contributed by atoms with van der Waals surface area (Å²) < 4.78 is 0. The number of carbonyl (C=O) groups is 2. The summed E-state index contributed by atoms with van der Waals surface area (Å²) in [5, 5.41) is 9.57. The van der Waals surface area contributed by atoms with E-state index in [1.165, 1.54) is 5.56 Å². The Morgan fingerprint density at radius 1 is 1.00 bits per heavy atom. The summed E-state index contributed by atoms with van der Waals surface area (Å²) in [6.45, 7) is 4.91. The smallest absolute Gasteiger partial charge is 0.308 e. The molecule has 1 aliphatic rings. The van der Waals surface area contributed by atoms with E-state index in [4.69, 9.17) is 0 Å². The normalized spacial score (nSPS) is 20.0. The van der Waals surface area contributed by atoms with E-state index in [1.807, 2.05) is 54.6 Å². The number of amides is 1. The van der Waals surface area contributed by atoms with Crippen LogP contribution in [0.1, 0.15) is 47.2 Å². The summed E-state index contributed by atoms with van der Waals surface area (Å²) in [7, 11) is 0. The number of carbonyl (C=O) groups excluding carboxylic acids is 1. The van der Waals surface area contributed by atoms with E-state index >= 15 is 0 Å². The summed E-state index contributed by atoms with van der Waals surface area (Å²) in [6.07, 6.45) is 0. The van der Waals surface area contributed by atoms with Gasteiger partial charge >= 0.3 is 5.97 Å². The van der Waals surface area contributed by atoms with Crippen molar-refractivity contribution >= 4 is 11.9 Å². The molecule has 0 aromatic heterocycles. The Labute approximate surface area is 148 Å². The molecular weight excluding hydrogens is 314 g/mol. The van der Waals surface area contributed by atoms with Crippen LogP contribution in [0.2, 0.25) is 0 Å². The fourth-order valence-electron chi connectivity index (χ4n) is 3.45. The maximum absolute atomic E-state index is 12.8. The van der Waals surface area contributed by atoms with Crippen LogP contribution >= 0.6 is 0 Å². The molecule has 2 atom stereocenters. The van der Waals surface area contributed by atoms with Crippen molar-refractivity contribution < 1.29 is 14.7 Å². The SMILES string of the molecule is CC(C)c1ccc(C(=O)N2CC(C(=O)O)C(c3ccccc3)C2)cc1. The quantitative estimate of drug-likeness (QED) is 0.924. The topological polar surface area (TPSA) is 57.6 Å². The van der Waals surface area contributed by atoms with E-state index in [0.717, 1.165) is 5.56 Å². The van der Waals surface area contributed by atoms with Gasteiger partial charge in [0.1, 0.15) is 0 Å². The van der Waals surface area contributed by atoms with Gasteiger partial charge in [-0.3, -0.25) is 9.59 Å². The first-order valence-corrected chi connectivity index (χ1v) is 8.64. The van der Waals surface area contributed by atoms with Crippen molar-refractivity contribution in [3.05, 3.63) is 71.3 Å². The predicted molar refractivity (Wildman–Crippen MR) is 96.7 cm³/mol. The van der Waals surface area contributed by atoms with Gasteiger partial charge in [0.15, 0.2) is 0 Å². The molecule has 1 amide bonds. The highest BCUT2D eigenvalue weighted by Gasteiger charge is 2.40. The number of benzene rings is 2. The second kappa shape index (κ2) is 7.09. The number of carboxylic acid groups (broad SMARTS) is 1. The number of carboxylic acids is 1. The molecule has 4 nitrogen and oxygen atoms in total. The molecule has 2 unspecified atom stereocenters. The summed E-state index contributed by atoms with van der Waals surface area (Å²) in [5.74, 6) is -1.27. The number of aliphatic carboxylic acids is 1. The van der Waals surface area contributed by atoms with Crippen molar-refractivity contribution in [1.82, 2.24) is 4.90 Å². The van der Waals surface area contributed by atoms with Gasteiger partial charge in [-0.05, 0) is 29.2 Å². The highest BCUT2D eigenvalue weighted by atomic mass is 16.4. The van der Waals surface area contributed by atoms with Gasteiger partial charge in [-0.2, -0.15) is 0 Å². The van der Waals surface area contributed by atoms with Crippen LogP contribution in [0.3, 0.4) is 0 Å². The Morgan fingerprint density at radius 2 is 1.64 bits per heavy atom. The van der Waals surface area contributed by atoms with Crippen LogP contribution < -0.4 is 0 Å². The van der Waals surface area contributed by atoms with Gasteiger partial charge in [0.05, 0.1) is 5.92 Å². The second-order valence-electron chi connectivity index (χ2n) is 6.95. The van der Waals surface area contributed by atoms with Gasteiger partial charge in [0, 0.05) is 24.6 Å². The van der Waals surface area contributed by atoms with E-state index in [0.29, 0.717) is 18.0 Å². The summed E-state index contributed by atoms with van der Waals surface area (Å²) >= 11 is 0. The van der Waals surface area contributed by atoms with Crippen molar-refractivity contribution in [1.29, 1.82) is 0 Å². The lowest BCUT2D eigenvalue weighted by Crippen LogP contribution is -2.29. The number of likely N-dealkylation sites (tertiary alicyclic amines) is 1. The van der Waals surface area contributed by atoms with Crippen LogP contribution in [0.15, 0.2) is 54.6 Å². The molecule has 2 aromatic rings. The van der Waals surface area contributed by atoms with Crippen LogP contribution in [0.25, 0.3) is 0 Å². The lowest BCUT2D eigenvalue weighted by molar-refractivity contribution is -0.141. The van der Waals surface area contributed by atoms with E-state index < -0.39 is 11.9 Å². The van der Waals surface area contributed by atoms with Crippen molar-refractivity contribution in [2.24, 2.45) is 5.92 Å². The summed E-state index contributed by atoms with van der Waals surface area (Å²) in [6, 6.07) is 17.2. The Hall–Kier alpha value is -2.62. The third-order valence-electron chi connectivity index (χ3n) is 4.98. The molecule has 130 valence electrons. The van der Waals surface area contributed by atoms with E-state index in [-0.39, 0.29) is 18.4 Å². The second-order valence-corrected chi connectivity index (χ2v) is 6.95. The molecule has 0 bridgehead atoms. The zero-order valence-corrected chi connectivity index (χ0v) is 14.6. The largest absolute Gasteiger partial charge is 0.481 e. The number of hydrogen-bond acceptors (Lipinski definition) is 2. The molecule has 0 saturated carbocycles. The minimum absolute atomic E-state index is 0.0972. The minimum Gasteiger partial charge on any atom is -0.481 e. The van der Waals surface area contributed by atoms with Gasteiger partial charge in [-0.25, -0.2) is 0 Å². The maximum atomic E-state index is 12.8. The first-order valence-electron chi connectivity index (χ1n) is 8.64. The summed E-state index contributed by atoms with van der Waals surface area (Å²) in [5.41, 5.74) is 2.77. The standard InChI is InChI=1S/C21H23NO3/c1-14(2)15-8-10-17(11-9-15)20(23)22-12-18(19(13-22)21(24)25)16-6-4-3-5-7-16/h3-11,14,18-19H,12-13H2,1-2H3,(H,24,25). The van der Waals surface area contributed by atoms with Crippen molar-refractivity contribution in [3.63, 3.8) is 0 Å². The number of rotatable bonds is 4. The number of hydrogen-bond donors (Lipinski definition) is 1. The fourth-order valence-corrected chi connectivity index (χ4v) is 3.45. The van der Waals surface area contributed by atoms with Gasteiger partial charge in [0.2, 0.25) is 0 Å². The molecule has 1 N–H and O–H groups in total. The minimum atomic E-state index is -0.848. The third kappa shape index (κ3) is 3.58. The highest BCUT2D eigenvalue weighted by Crippen LogP contribution is 2.33. The predicted octanol–water partition coefficient (Wildman–Crippen LogP) is 3.75. The van der Waals surface area contributed by atoms with Gasteiger partial charge in [-0.15, -0.1) is 0 Å². The van der Waals surface area contributed by atoms with Crippen LogP contribution in [-0.2, 0) is 4.79 Å². The maximum Gasteiger partial charge on any atom is 0.308 e. The zero-order chi connectivity index (χ0) is 18.0. The van der Waals surface area contributed by atoms with Crippen molar-refractivity contribution in [2.45, 2.75) is 25.7 Å². The average molecular weight is 337 g/mol. The average Bonchev–Trinajstić information content (AvgIpc) is 3.07. The molecule has 0 spiro atoms. The molecule has 0 radical (unpaired) electrons. The lowest BCUT2D eigenvalue weighted by Gasteiger charge is -2.17. The molecule has 25 heavy (non-hydrogen) atoms. The molecule has 1 aliphatic heterocycles. The molecular formula is C21H23NO3. The molecule has 3 rings (SSSR count). The molecule has 1 heterocycles. The van der Waals surface area contributed by atoms with E-state index in [2.05, 4.69) is 13.8 Å². The first-order chi connectivity index (χ1) is 12.0. The fraction of sp³-hybridized carbons (Fsp3) is 0.333. The Morgan fingerprint density at radius 3 is 2.20 bits per heavy atom. The molecule has 1 saturated heterocycles. The van der Waals surface area contributed by atoms with Gasteiger partial charge in [0.25, 0.3) is 5.91 Å². The highest BCUT2D eigenvalue weighted by molar-refractivity contribution is 5.95. The Kier molecular flexibility index (Phi) is 4.88. The van der Waals surface area contributed by atoms with Gasteiger partial charge < -0.3 is 10.0 Å². The summed E-state index contributed by atoms with van der Waals surface area (Å²) in [4.78, 5) is 26.1. The van der Waals surface area contributed by atoms with Crippen LogP contribution in [0.5, 0.6) is 0 Å². The van der Waals surface area contributed by atoms with Gasteiger partial charge in [-0.1, -0.05) is 56.3 Å². The van der Waals surface area contributed by atoms with Crippen LogP contribution in [0.4, 0.5) is 0 Å². The Bertz CT molecular complexity index is 752. The third-order valence-corrected chi connectivity index (χ3v) is 4.98. The van der Waals surface area contributed by atoms with Crippen LogP contribution in [0, 0.1) is 5.92 Å². The zero-order valence-electron chi connectivity index (χ0n) is 14.6. The van der Waals surface area contributed by atoms with Crippen molar-refractivity contribution in [2.75, 3.05) is 13.1 Å². The molecule has 0 aliphatic carbocycles. The monoisotopic (exact) mass is 337 g/mol. The Balaban J connectivity index is 1.81. The van der Waals surface area contributed by atoms with E-state index in [9.17, 15) is 14.7 Å². The van der Waals surface area contributed by atoms with E-state index in [1.54, 1.807) is 4.90 Å². The lowest BCUT2D eigenvalue weighted by atomic mass is 9.89. The number of nitrogens with zero attached hydrogens (tertiary/aromatic N) is 1.